The zero-order valence-corrected chi connectivity index (χ0v) is 10.6. The van der Waals surface area contributed by atoms with E-state index >= 15 is 0 Å². The Morgan fingerprint density at radius 2 is 2.31 bits per heavy atom. The van der Waals surface area contributed by atoms with Crippen LogP contribution < -0.4 is 5.32 Å². The maximum absolute atomic E-state index is 4.01. The summed E-state index contributed by atoms with van der Waals surface area (Å²) in [6.07, 6.45) is 9.27. The molecule has 3 heteroatoms. The summed E-state index contributed by atoms with van der Waals surface area (Å²) in [6.45, 7) is 6.98. The first-order valence-corrected chi connectivity index (χ1v) is 6.34. The van der Waals surface area contributed by atoms with E-state index < -0.39 is 0 Å². The van der Waals surface area contributed by atoms with E-state index in [0.29, 0.717) is 17.5 Å². The van der Waals surface area contributed by atoms with E-state index in [2.05, 4.69) is 36.3 Å². The summed E-state index contributed by atoms with van der Waals surface area (Å²) in [6, 6.07) is 1.02. The van der Waals surface area contributed by atoms with Gasteiger partial charge in [-0.25, -0.2) is 0 Å². The second-order valence-corrected chi connectivity index (χ2v) is 5.71. The Labute approximate surface area is 98.0 Å². The molecule has 16 heavy (non-hydrogen) atoms. The molecule has 0 amide bonds. The number of rotatable bonds is 3. The lowest BCUT2D eigenvalue weighted by molar-refractivity contribution is 0.157. The molecule has 1 aliphatic rings. The van der Waals surface area contributed by atoms with Crippen LogP contribution in [0.3, 0.4) is 0 Å². The first-order chi connectivity index (χ1) is 7.59. The Hall–Kier alpha value is -0.830. The lowest BCUT2D eigenvalue weighted by Crippen LogP contribution is -2.45. The molecule has 2 unspecified atom stereocenters. The molecule has 1 aromatic heterocycles. The lowest BCUT2D eigenvalue weighted by Gasteiger charge is -2.40. The van der Waals surface area contributed by atoms with E-state index in [1.807, 2.05) is 12.4 Å². The van der Waals surface area contributed by atoms with Crippen LogP contribution in [0.4, 0.5) is 0 Å². The second-order valence-electron chi connectivity index (χ2n) is 5.71. The standard InChI is InChI=1S/C13H23N3/c1-10(11-8-14-15-9-11)16-12-6-4-5-7-13(12,2)3/h8-10,12,16H,4-7H2,1-3H3,(H,14,15). The number of nitrogens with one attached hydrogen (secondary N) is 2. The molecule has 2 atom stereocenters. The first-order valence-electron chi connectivity index (χ1n) is 6.34. The third kappa shape index (κ3) is 2.46. The van der Waals surface area contributed by atoms with Crippen molar-refractivity contribution in [3.8, 4) is 0 Å². The van der Waals surface area contributed by atoms with Gasteiger partial charge in [-0.3, -0.25) is 5.10 Å². The van der Waals surface area contributed by atoms with Gasteiger partial charge in [0.2, 0.25) is 0 Å². The van der Waals surface area contributed by atoms with Gasteiger partial charge in [-0.2, -0.15) is 5.10 Å². The van der Waals surface area contributed by atoms with E-state index in [1.54, 1.807) is 0 Å². The van der Waals surface area contributed by atoms with Crippen LogP contribution in [0.2, 0.25) is 0 Å². The van der Waals surface area contributed by atoms with Crippen molar-refractivity contribution in [2.75, 3.05) is 0 Å². The molecular weight excluding hydrogens is 198 g/mol. The molecule has 1 aromatic rings. The topological polar surface area (TPSA) is 40.7 Å². The molecule has 0 saturated heterocycles. The lowest BCUT2D eigenvalue weighted by atomic mass is 9.73. The summed E-state index contributed by atoms with van der Waals surface area (Å²) in [5, 5.41) is 10.6. The van der Waals surface area contributed by atoms with Crippen LogP contribution in [0.15, 0.2) is 12.4 Å². The van der Waals surface area contributed by atoms with Crippen molar-refractivity contribution < 1.29 is 0 Å². The predicted octanol–water partition coefficient (Wildman–Crippen LogP) is 3.03. The summed E-state index contributed by atoms with van der Waals surface area (Å²) < 4.78 is 0. The molecule has 90 valence electrons. The van der Waals surface area contributed by atoms with Gasteiger partial charge in [0.25, 0.3) is 0 Å². The van der Waals surface area contributed by atoms with Crippen molar-refractivity contribution in [1.29, 1.82) is 0 Å². The van der Waals surface area contributed by atoms with Crippen molar-refractivity contribution in [3.05, 3.63) is 18.0 Å². The molecule has 1 saturated carbocycles. The molecule has 0 radical (unpaired) electrons. The SMILES string of the molecule is CC(NC1CCCCC1(C)C)c1cn[nH]c1. The smallest absolute Gasteiger partial charge is 0.0534 e. The zero-order valence-electron chi connectivity index (χ0n) is 10.6. The van der Waals surface area contributed by atoms with Crippen molar-refractivity contribution in [2.24, 2.45) is 5.41 Å². The Balaban J connectivity index is 1.98. The van der Waals surface area contributed by atoms with Crippen molar-refractivity contribution in [2.45, 2.75) is 58.5 Å². The molecule has 3 nitrogen and oxygen atoms in total. The third-order valence-electron chi connectivity index (χ3n) is 3.98. The van der Waals surface area contributed by atoms with Gasteiger partial charge in [0.15, 0.2) is 0 Å². The number of nitrogens with zero attached hydrogens (tertiary/aromatic N) is 1. The molecule has 2 rings (SSSR count). The van der Waals surface area contributed by atoms with Crippen LogP contribution in [0.5, 0.6) is 0 Å². The van der Waals surface area contributed by atoms with Crippen LogP contribution in [0.25, 0.3) is 0 Å². The van der Waals surface area contributed by atoms with Crippen LogP contribution in [0.1, 0.15) is 58.1 Å². The third-order valence-corrected chi connectivity index (χ3v) is 3.98. The monoisotopic (exact) mass is 221 g/mol. The van der Waals surface area contributed by atoms with Crippen molar-refractivity contribution >= 4 is 0 Å². The number of hydrogen-bond acceptors (Lipinski definition) is 2. The Morgan fingerprint density at radius 1 is 1.50 bits per heavy atom. The van der Waals surface area contributed by atoms with E-state index in [0.717, 1.165) is 0 Å². The zero-order chi connectivity index (χ0) is 11.6. The van der Waals surface area contributed by atoms with E-state index in [1.165, 1.54) is 31.2 Å². The van der Waals surface area contributed by atoms with E-state index in [4.69, 9.17) is 0 Å². The molecule has 1 aliphatic carbocycles. The van der Waals surface area contributed by atoms with E-state index in [-0.39, 0.29) is 0 Å². The first kappa shape index (κ1) is 11.6. The predicted molar refractivity (Wildman–Crippen MR) is 66.2 cm³/mol. The minimum atomic E-state index is 0.390. The summed E-state index contributed by atoms with van der Waals surface area (Å²) >= 11 is 0. The fraction of sp³-hybridized carbons (Fsp3) is 0.769. The fourth-order valence-electron chi connectivity index (χ4n) is 2.70. The van der Waals surface area contributed by atoms with Gasteiger partial charge in [-0.1, -0.05) is 26.7 Å². The van der Waals surface area contributed by atoms with Crippen molar-refractivity contribution in [1.82, 2.24) is 15.5 Å². The van der Waals surface area contributed by atoms with E-state index in [9.17, 15) is 0 Å². The maximum Gasteiger partial charge on any atom is 0.0534 e. The van der Waals surface area contributed by atoms with Gasteiger partial charge < -0.3 is 5.32 Å². The summed E-state index contributed by atoms with van der Waals surface area (Å²) in [7, 11) is 0. The normalized spacial score (nSPS) is 26.6. The highest BCUT2D eigenvalue weighted by Gasteiger charge is 2.32. The summed E-state index contributed by atoms with van der Waals surface area (Å²) in [5.74, 6) is 0. The minimum absolute atomic E-state index is 0.390. The summed E-state index contributed by atoms with van der Waals surface area (Å²) in [5.41, 5.74) is 1.68. The van der Waals surface area contributed by atoms with Gasteiger partial charge in [0.05, 0.1) is 6.20 Å². The largest absolute Gasteiger partial charge is 0.307 e. The highest BCUT2D eigenvalue weighted by molar-refractivity contribution is 5.09. The molecule has 2 N–H and O–H groups in total. The number of hydrogen-bond donors (Lipinski definition) is 2. The Morgan fingerprint density at radius 3 is 2.94 bits per heavy atom. The summed E-state index contributed by atoms with van der Waals surface area (Å²) in [4.78, 5) is 0. The minimum Gasteiger partial charge on any atom is -0.307 e. The molecular formula is C13H23N3. The fourth-order valence-corrected chi connectivity index (χ4v) is 2.70. The van der Waals surface area contributed by atoms with Crippen LogP contribution in [0, 0.1) is 5.41 Å². The molecule has 0 spiro atoms. The number of aromatic amines is 1. The van der Waals surface area contributed by atoms with Crippen LogP contribution in [-0.2, 0) is 0 Å². The van der Waals surface area contributed by atoms with Crippen LogP contribution >= 0.6 is 0 Å². The highest BCUT2D eigenvalue weighted by Crippen LogP contribution is 2.36. The van der Waals surface area contributed by atoms with Crippen molar-refractivity contribution in [3.63, 3.8) is 0 Å². The molecule has 0 bridgehead atoms. The van der Waals surface area contributed by atoms with Crippen LogP contribution in [-0.4, -0.2) is 16.2 Å². The Bertz CT molecular complexity index is 316. The average molecular weight is 221 g/mol. The van der Waals surface area contributed by atoms with Gasteiger partial charge in [-0.15, -0.1) is 0 Å². The van der Waals surface area contributed by atoms with Gasteiger partial charge >= 0.3 is 0 Å². The molecule has 0 aliphatic heterocycles. The van der Waals surface area contributed by atoms with Gasteiger partial charge in [-0.05, 0) is 25.2 Å². The molecule has 0 aromatic carbocycles. The van der Waals surface area contributed by atoms with Gasteiger partial charge in [0.1, 0.15) is 0 Å². The number of aromatic nitrogens is 2. The van der Waals surface area contributed by atoms with Gasteiger partial charge in [0, 0.05) is 23.8 Å². The highest BCUT2D eigenvalue weighted by atomic mass is 15.1. The Kier molecular flexibility index (Phi) is 3.33. The molecule has 1 fully saturated rings. The molecule has 1 heterocycles. The quantitative estimate of drug-likeness (QED) is 0.823. The average Bonchev–Trinajstić information content (AvgIpc) is 2.74. The number of H-pyrrole nitrogens is 1. The maximum atomic E-state index is 4.01. The second kappa shape index (κ2) is 4.58.